The Bertz CT molecular complexity index is 834. The van der Waals surface area contributed by atoms with Gasteiger partial charge in [0, 0.05) is 12.3 Å². The minimum atomic E-state index is -0.380. The van der Waals surface area contributed by atoms with Crippen LogP contribution in [0.3, 0.4) is 0 Å². The molecule has 1 aromatic heterocycles. The van der Waals surface area contributed by atoms with E-state index in [1.165, 1.54) is 16.8 Å². The summed E-state index contributed by atoms with van der Waals surface area (Å²) in [5, 5.41) is 0. The first kappa shape index (κ1) is 12.2. The van der Waals surface area contributed by atoms with E-state index in [9.17, 15) is 9.59 Å². The second-order valence-electron chi connectivity index (χ2n) is 4.31. The van der Waals surface area contributed by atoms with Crippen molar-refractivity contribution in [2.75, 3.05) is 0 Å². The summed E-state index contributed by atoms with van der Waals surface area (Å²) in [5.74, 6) is 0. The monoisotopic (exact) mass is 264 g/mol. The Labute approximate surface area is 115 Å². The third kappa shape index (κ3) is 2.07. The molecule has 0 aliphatic carbocycles. The molecule has 3 aromatic rings. The van der Waals surface area contributed by atoms with Crippen LogP contribution in [0, 0.1) is 0 Å². The van der Waals surface area contributed by atoms with Gasteiger partial charge in [-0.1, -0.05) is 36.4 Å². The molecular weight excluding hydrogens is 252 g/mol. The zero-order valence-corrected chi connectivity index (χ0v) is 10.6. The van der Waals surface area contributed by atoms with Crippen molar-refractivity contribution in [3.8, 4) is 11.4 Å². The summed E-state index contributed by atoms with van der Waals surface area (Å²) in [5.41, 5.74) is 0.568. The number of rotatable bonds is 2. The molecule has 0 radical (unpaired) electrons. The lowest BCUT2D eigenvalue weighted by Crippen LogP contribution is -2.37. The Balaban J connectivity index is 2.28. The molecule has 0 N–H and O–H groups in total. The van der Waals surface area contributed by atoms with Crippen LogP contribution in [0.25, 0.3) is 11.4 Å². The summed E-state index contributed by atoms with van der Waals surface area (Å²) >= 11 is 0. The number of nitrogens with zero attached hydrogens (tertiary/aromatic N) is 2. The maximum absolute atomic E-state index is 12.5. The average Bonchev–Trinajstić information content (AvgIpc) is 2.49. The van der Waals surface area contributed by atoms with Crippen LogP contribution in [-0.2, 0) is 0 Å². The van der Waals surface area contributed by atoms with Gasteiger partial charge in [0.1, 0.15) is 0 Å². The van der Waals surface area contributed by atoms with Crippen molar-refractivity contribution in [1.29, 1.82) is 0 Å². The molecule has 20 heavy (non-hydrogen) atoms. The summed E-state index contributed by atoms with van der Waals surface area (Å²) in [6.07, 6.45) is 1.50. The normalized spacial score (nSPS) is 10.4. The van der Waals surface area contributed by atoms with Crippen molar-refractivity contribution in [2.24, 2.45) is 0 Å². The fraction of sp³-hybridized carbons (Fsp3) is 0. The highest BCUT2D eigenvalue weighted by molar-refractivity contribution is 5.34. The van der Waals surface area contributed by atoms with E-state index in [-0.39, 0.29) is 11.2 Å². The zero-order valence-electron chi connectivity index (χ0n) is 10.6. The Morgan fingerprint density at radius 2 is 1.20 bits per heavy atom. The fourth-order valence-corrected chi connectivity index (χ4v) is 2.08. The van der Waals surface area contributed by atoms with E-state index in [0.29, 0.717) is 5.69 Å². The van der Waals surface area contributed by atoms with Gasteiger partial charge in [0.15, 0.2) is 0 Å². The molecule has 0 amide bonds. The van der Waals surface area contributed by atoms with Crippen molar-refractivity contribution in [3.05, 3.63) is 93.8 Å². The summed E-state index contributed by atoms with van der Waals surface area (Å²) in [6.45, 7) is 0. The smallest absolute Gasteiger partial charge is 0.269 e. The minimum Gasteiger partial charge on any atom is -0.269 e. The van der Waals surface area contributed by atoms with E-state index in [4.69, 9.17) is 0 Å². The van der Waals surface area contributed by atoms with Crippen LogP contribution in [-0.4, -0.2) is 9.13 Å². The van der Waals surface area contributed by atoms with Gasteiger partial charge in [0.2, 0.25) is 0 Å². The van der Waals surface area contributed by atoms with Crippen molar-refractivity contribution in [3.63, 3.8) is 0 Å². The third-order valence-electron chi connectivity index (χ3n) is 3.03. The van der Waals surface area contributed by atoms with Gasteiger partial charge < -0.3 is 0 Å². The summed E-state index contributed by atoms with van der Waals surface area (Å²) in [6, 6.07) is 19.5. The maximum atomic E-state index is 12.5. The molecule has 2 aromatic carbocycles. The van der Waals surface area contributed by atoms with Crippen LogP contribution in [0.4, 0.5) is 0 Å². The van der Waals surface area contributed by atoms with Crippen LogP contribution in [0.5, 0.6) is 0 Å². The fourth-order valence-electron chi connectivity index (χ4n) is 2.08. The van der Waals surface area contributed by atoms with Gasteiger partial charge >= 0.3 is 5.69 Å². The van der Waals surface area contributed by atoms with E-state index in [1.807, 2.05) is 36.4 Å². The van der Waals surface area contributed by atoms with Crippen LogP contribution in [0.2, 0.25) is 0 Å². The first-order chi connectivity index (χ1) is 9.77. The second kappa shape index (κ2) is 5.01. The highest BCUT2D eigenvalue weighted by Crippen LogP contribution is 2.04. The molecular formula is C16H12N2O2. The van der Waals surface area contributed by atoms with Gasteiger partial charge in [0.05, 0.1) is 11.4 Å². The van der Waals surface area contributed by atoms with Crippen molar-refractivity contribution in [1.82, 2.24) is 9.13 Å². The van der Waals surface area contributed by atoms with E-state index < -0.39 is 0 Å². The van der Waals surface area contributed by atoms with Gasteiger partial charge in [-0.15, -0.1) is 0 Å². The lowest BCUT2D eigenvalue weighted by Gasteiger charge is -2.09. The number of aromatic nitrogens is 2. The molecule has 0 unspecified atom stereocenters. The highest BCUT2D eigenvalue weighted by atomic mass is 16.2. The lowest BCUT2D eigenvalue weighted by atomic mass is 10.3. The summed E-state index contributed by atoms with van der Waals surface area (Å²) in [4.78, 5) is 24.5. The first-order valence-corrected chi connectivity index (χ1v) is 6.23. The SMILES string of the molecule is O=c1ccn(-c2ccccc2)c(=O)n1-c1ccccc1. The van der Waals surface area contributed by atoms with Crippen LogP contribution < -0.4 is 11.2 Å². The maximum Gasteiger partial charge on any atom is 0.340 e. The van der Waals surface area contributed by atoms with Crippen molar-refractivity contribution < 1.29 is 0 Å². The molecule has 98 valence electrons. The zero-order chi connectivity index (χ0) is 13.9. The van der Waals surface area contributed by atoms with Gasteiger partial charge in [-0.25, -0.2) is 9.36 Å². The minimum absolute atomic E-state index is 0.339. The van der Waals surface area contributed by atoms with Crippen LogP contribution in [0.1, 0.15) is 0 Å². The van der Waals surface area contributed by atoms with Gasteiger partial charge in [-0.3, -0.25) is 9.36 Å². The van der Waals surface area contributed by atoms with Crippen LogP contribution >= 0.6 is 0 Å². The summed E-state index contributed by atoms with van der Waals surface area (Å²) < 4.78 is 2.61. The lowest BCUT2D eigenvalue weighted by molar-refractivity contribution is 0.802. The summed E-state index contributed by atoms with van der Waals surface area (Å²) in [7, 11) is 0. The number of hydrogen-bond donors (Lipinski definition) is 0. The quantitative estimate of drug-likeness (QED) is 0.710. The number of para-hydroxylation sites is 2. The molecule has 3 rings (SSSR count). The topological polar surface area (TPSA) is 44.0 Å². The Hall–Kier alpha value is -2.88. The molecule has 0 aliphatic rings. The Morgan fingerprint density at radius 1 is 0.650 bits per heavy atom. The standard InChI is InChI=1S/C16H12N2O2/c19-15-11-12-17(13-7-3-1-4-8-13)16(20)18(15)14-9-5-2-6-10-14/h1-12H. The van der Waals surface area contributed by atoms with Crippen LogP contribution in [0.15, 0.2) is 82.5 Å². The average molecular weight is 264 g/mol. The van der Waals surface area contributed by atoms with Crippen molar-refractivity contribution >= 4 is 0 Å². The van der Waals surface area contributed by atoms with Gasteiger partial charge in [-0.2, -0.15) is 0 Å². The predicted octanol–water partition coefficient (Wildman–Crippen LogP) is 1.99. The molecule has 0 saturated heterocycles. The molecule has 0 saturated carbocycles. The van der Waals surface area contributed by atoms with Gasteiger partial charge in [0.25, 0.3) is 5.56 Å². The molecule has 4 heteroatoms. The first-order valence-electron chi connectivity index (χ1n) is 6.23. The molecule has 0 aliphatic heterocycles. The predicted molar refractivity (Wildman–Crippen MR) is 77.6 cm³/mol. The molecule has 0 spiro atoms. The van der Waals surface area contributed by atoms with E-state index in [0.717, 1.165) is 10.3 Å². The molecule has 1 heterocycles. The molecule has 0 atom stereocenters. The van der Waals surface area contributed by atoms with E-state index >= 15 is 0 Å². The molecule has 4 nitrogen and oxygen atoms in total. The Morgan fingerprint density at radius 3 is 1.80 bits per heavy atom. The number of benzene rings is 2. The van der Waals surface area contributed by atoms with E-state index in [1.54, 1.807) is 24.3 Å². The molecule has 0 bridgehead atoms. The van der Waals surface area contributed by atoms with Crippen molar-refractivity contribution in [2.45, 2.75) is 0 Å². The largest absolute Gasteiger partial charge is 0.340 e. The highest BCUT2D eigenvalue weighted by Gasteiger charge is 2.07. The van der Waals surface area contributed by atoms with E-state index in [2.05, 4.69) is 0 Å². The number of hydrogen-bond acceptors (Lipinski definition) is 2. The molecule has 0 fully saturated rings. The van der Waals surface area contributed by atoms with Gasteiger partial charge in [-0.05, 0) is 24.3 Å². The second-order valence-corrected chi connectivity index (χ2v) is 4.31. The Kier molecular flexibility index (Phi) is 3.05. The third-order valence-corrected chi connectivity index (χ3v) is 3.03.